The molecule has 2 N–H and O–H groups in total. The molecule has 0 aliphatic carbocycles. The van der Waals surface area contributed by atoms with Gasteiger partial charge < -0.3 is 10.4 Å². The van der Waals surface area contributed by atoms with Crippen LogP contribution in [0.4, 0.5) is 10.5 Å². The lowest BCUT2D eigenvalue weighted by Gasteiger charge is -2.21. The van der Waals surface area contributed by atoms with Gasteiger partial charge >= 0.3 is 12.0 Å². The highest BCUT2D eigenvalue weighted by atomic mass is 16.4. The van der Waals surface area contributed by atoms with Crippen LogP contribution in [-0.2, 0) is 4.79 Å². The number of nitrogens with one attached hydrogen (secondary N) is 1. The van der Waals surface area contributed by atoms with Gasteiger partial charge in [0.05, 0.1) is 0 Å². The number of para-hydroxylation sites is 1. The summed E-state index contributed by atoms with van der Waals surface area (Å²) in [5.74, 6) is -0.727. The van der Waals surface area contributed by atoms with Gasteiger partial charge in [0.25, 0.3) is 0 Å². The summed E-state index contributed by atoms with van der Waals surface area (Å²) in [5.41, 5.74) is 0.571. The van der Waals surface area contributed by atoms with Gasteiger partial charge in [-0.25, -0.2) is 4.79 Å². The molecule has 0 saturated heterocycles. The van der Waals surface area contributed by atoms with Crippen LogP contribution in [0.3, 0.4) is 0 Å². The number of carbonyl (C=O) groups is 2. The van der Waals surface area contributed by atoms with E-state index in [2.05, 4.69) is 5.32 Å². The third-order valence-corrected chi connectivity index (χ3v) is 2.27. The molecule has 0 fully saturated rings. The molecular formula is C13H18N2O3. The quantitative estimate of drug-likeness (QED) is 0.839. The number of hydrogen-bond donors (Lipinski definition) is 2. The molecule has 0 heterocycles. The molecule has 1 aromatic rings. The van der Waals surface area contributed by atoms with Crippen molar-refractivity contribution in [2.24, 2.45) is 5.92 Å². The summed E-state index contributed by atoms with van der Waals surface area (Å²) in [6, 6.07) is 8.36. The van der Waals surface area contributed by atoms with Crippen LogP contribution < -0.4 is 10.2 Å². The lowest BCUT2D eigenvalue weighted by Crippen LogP contribution is -2.44. The normalized spacial score (nSPS) is 10.2. The second-order valence-electron chi connectivity index (χ2n) is 4.40. The van der Waals surface area contributed by atoms with Crippen molar-refractivity contribution in [3.8, 4) is 0 Å². The van der Waals surface area contributed by atoms with Crippen LogP contribution in [0.15, 0.2) is 30.3 Å². The average Bonchev–Trinajstić information content (AvgIpc) is 2.34. The van der Waals surface area contributed by atoms with E-state index < -0.39 is 12.0 Å². The molecular weight excluding hydrogens is 232 g/mol. The van der Waals surface area contributed by atoms with Gasteiger partial charge in [-0.15, -0.1) is 0 Å². The largest absolute Gasteiger partial charge is 0.480 e. The number of carboxylic acid groups (broad SMARTS) is 1. The maximum atomic E-state index is 11.9. The number of anilines is 1. The van der Waals surface area contributed by atoms with Crippen molar-refractivity contribution in [3.05, 3.63) is 30.3 Å². The van der Waals surface area contributed by atoms with Crippen molar-refractivity contribution in [2.45, 2.75) is 13.8 Å². The number of carbonyl (C=O) groups excluding carboxylic acids is 1. The van der Waals surface area contributed by atoms with Gasteiger partial charge in [-0.2, -0.15) is 0 Å². The second kappa shape index (κ2) is 6.64. The van der Waals surface area contributed by atoms with Crippen molar-refractivity contribution in [1.29, 1.82) is 0 Å². The Morgan fingerprint density at radius 3 is 2.39 bits per heavy atom. The van der Waals surface area contributed by atoms with Crippen LogP contribution in [-0.4, -0.2) is 30.2 Å². The standard InChI is InChI=1S/C13H18N2O3/c1-10(2)8-14-13(18)15(9-12(16)17)11-6-4-3-5-7-11/h3-7,10H,8-9H2,1-2H3,(H,14,18)(H,16,17). The molecule has 0 unspecified atom stereocenters. The minimum atomic E-state index is -1.04. The minimum Gasteiger partial charge on any atom is -0.480 e. The summed E-state index contributed by atoms with van der Waals surface area (Å²) in [5, 5.41) is 11.6. The van der Waals surface area contributed by atoms with Gasteiger partial charge in [-0.3, -0.25) is 9.69 Å². The fourth-order valence-corrected chi connectivity index (χ4v) is 1.41. The predicted molar refractivity (Wildman–Crippen MR) is 69.7 cm³/mol. The Balaban J connectivity index is 2.78. The summed E-state index contributed by atoms with van der Waals surface area (Å²) in [6.45, 7) is 4.12. The number of rotatable bonds is 5. The Kier molecular flexibility index (Phi) is 5.17. The van der Waals surface area contributed by atoms with Crippen molar-refractivity contribution < 1.29 is 14.7 Å². The second-order valence-corrected chi connectivity index (χ2v) is 4.40. The van der Waals surface area contributed by atoms with E-state index in [1.54, 1.807) is 24.3 Å². The number of benzene rings is 1. The molecule has 0 aliphatic heterocycles. The van der Waals surface area contributed by atoms with Crippen LogP contribution >= 0.6 is 0 Å². The Hall–Kier alpha value is -2.04. The van der Waals surface area contributed by atoms with Crippen molar-refractivity contribution in [2.75, 3.05) is 18.0 Å². The fraction of sp³-hybridized carbons (Fsp3) is 0.385. The third kappa shape index (κ3) is 4.45. The Labute approximate surface area is 106 Å². The molecule has 0 atom stereocenters. The van der Waals surface area contributed by atoms with E-state index in [0.717, 1.165) is 0 Å². The monoisotopic (exact) mass is 250 g/mol. The summed E-state index contributed by atoms with van der Waals surface area (Å²) >= 11 is 0. The van der Waals surface area contributed by atoms with Gasteiger partial charge in [0.1, 0.15) is 6.54 Å². The molecule has 0 aromatic heterocycles. The van der Waals surface area contributed by atoms with E-state index in [9.17, 15) is 9.59 Å². The van der Waals surface area contributed by atoms with E-state index in [0.29, 0.717) is 18.2 Å². The van der Waals surface area contributed by atoms with E-state index in [-0.39, 0.29) is 6.54 Å². The minimum absolute atomic E-state index is 0.316. The van der Waals surface area contributed by atoms with Crippen molar-refractivity contribution in [3.63, 3.8) is 0 Å². The molecule has 18 heavy (non-hydrogen) atoms. The van der Waals surface area contributed by atoms with Crippen molar-refractivity contribution >= 4 is 17.7 Å². The summed E-state index contributed by atoms with van der Waals surface area (Å²) in [6.07, 6.45) is 0. The maximum absolute atomic E-state index is 11.9. The van der Waals surface area contributed by atoms with Gasteiger partial charge in [-0.1, -0.05) is 32.0 Å². The Morgan fingerprint density at radius 1 is 1.28 bits per heavy atom. The fourth-order valence-electron chi connectivity index (χ4n) is 1.41. The van der Waals surface area contributed by atoms with Gasteiger partial charge in [0.2, 0.25) is 0 Å². The average molecular weight is 250 g/mol. The van der Waals surface area contributed by atoms with E-state index in [1.807, 2.05) is 19.9 Å². The van der Waals surface area contributed by atoms with Gasteiger partial charge in [0.15, 0.2) is 0 Å². The molecule has 5 heteroatoms. The van der Waals surface area contributed by atoms with Crippen LogP contribution in [0.1, 0.15) is 13.8 Å². The molecule has 1 rings (SSSR count). The highest BCUT2D eigenvalue weighted by Crippen LogP contribution is 2.13. The number of nitrogens with zero attached hydrogens (tertiary/aromatic N) is 1. The summed E-state index contributed by atoms with van der Waals surface area (Å²) < 4.78 is 0. The molecule has 0 radical (unpaired) electrons. The Bertz CT molecular complexity index is 404. The molecule has 0 spiro atoms. The number of urea groups is 1. The van der Waals surface area contributed by atoms with E-state index >= 15 is 0 Å². The first-order valence-electron chi connectivity index (χ1n) is 5.83. The van der Waals surface area contributed by atoms with Crippen molar-refractivity contribution in [1.82, 2.24) is 5.32 Å². The SMILES string of the molecule is CC(C)CNC(=O)N(CC(=O)O)c1ccccc1. The summed E-state index contributed by atoms with van der Waals surface area (Å²) in [7, 11) is 0. The molecule has 98 valence electrons. The predicted octanol–water partition coefficient (Wildman–Crippen LogP) is 1.94. The topological polar surface area (TPSA) is 69.6 Å². The number of aliphatic carboxylic acids is 1. The zero-order valence-electron chi connectivity index (χ0n) is 10.6. The summed E-state index contributed by atoms with van der Waals surface area (Å²) in [4.78, 5) is 24.0. The zero-order valence-corrected chi connectivity index (χ0v) is 10.6. The van der Waals surface area contributed by atoms with Gasteiger partial charge in [0, 0.05) is 12.2 Å². The number of carboxylic acids is 1. The van der Waals surface area contributed by atoms with Crippen LogP contribution in [0.25, 0.3) is 0 Å². The Morgan fingerprint density at radius 2 is 1.89 bits per heavy atom. The maximum Gasteiger partial charge on any atom is 0.323 e. The molecule has 5 nitrogen and oxygen atoms in total. The lowest BCUT2D eigenvalue weighted by molar-refractivity contribution is -0.135. The van der Waals surface area contributed by atoms with E-state index in [1.165, 1.54) is 4.90 Å². The van der Waals surface area contributed by atoms with Gasteiger partial charge in [-0.05, 0) is 18.1 Å². The molecule has 0 aliphatic rings. The highest BCUT2D eigenvalue weighted by molar-refractivity contribution is 5.96. The molecule has 0 bridgehead atoms. The van der Waals surface area contributed by atoms with Crippen LogP contribution in [0.5, 0.6) is 0 Å². The lowest BCUT2D eigenvalue weighted by atomic mass is 10.2. The molecule has 2 amide bonds. The molecule has 0 saturated carbocycles. The number of amides is 2. The highest BCUT2D eigenvalue weighted by Gasteiger charge is 2.18. The smallest absolute Gasteiger partial charge is 0.323 e. The van der Waals surface area contributed by atoms with Crippen LogP contribution in [0, 0.1) is 5.92 Å². The first-order chi connectivity index (χ1) is 8.50. The first-order valence-corrected chi connectivity index (χ1v) is 5.83. The molecule has 1 aromatic carbocycles. The third-order valence-electron chi connectivity index (χ3n) is 2.27. The first kappa shape index (κ1) is 14.0. The van der Waals surface area contributed by atoms with E-state index in [4.69, 9.17) is 5.11 Å². The number of hydrogen-bond acceptors (Lipinski definition) is 2. The van der Waals surface area contributed by atoms with Crippen LogP contribution in [0.2, 0.25) is 0 Å². The zero-order chi connectivity index (χ0) is 13.5.